The van der Waals surface area contributed by atoms with Crippen LogP contribution in [0.3, 0.4) is 0 Å². The second-order valence-electron chi connectivity index (χ2n) is 3.55. The van der Waals surface area contributed by atoms with E-state index in [1.54, 1.807) is 24.3 Å². The number of nitriles is 1. The highest BCUT2D eigenvalue weighted by molar-refractivity contribution is 5.83. The number of aryl methyl sites for hydroxylation is 1. The van der Waals surface area contributed by atoms with E-state index in [4.69, 9.17) is 10.4 Å². The lowest BCUT2D eigenvalue weighted by molar-refractivity contribution is 0.0683. The van der Waals surface area contributed by atoms with Crippen molar-refractivity contribution in [2.45, 2.75) is 13.3 Å². The second kappa shape index (κ2) is 4.67. The van der Waals surface area contributed by atoms with Gasteiger partial charge in [0.25, 0.3) is 5.82 Å². The van der Waals surface area contributed by atoms with Gasteiger partial charge in [0.15, 0.2) is 0 Å². The average molecular weight is 242 g/mol. The monoisotopic (exact) mass is 242 g/mol. The lowest BCUT2D eigenvalue weighted by Gasteiger charge is -2.05. The van der Waals surface area contributed by atoms with Crippen molar-refractivity contribution in [1.82, 2.24) is 14.8 Å². The summed E-state index contributed by atoms with van der Waals surface area (Å²) in [7, 11) is 0. The van der Waals surface area contributed by atoms with Gasteiger partial charge in [-0.2, -0.15) is 5.26 Å². The van der Waals surface area contributed by atoms with Gasteiger partial charge in [-0.05, 0) is 12.1 Å². The standard InChI is InChI=1S/C12H10N4O2/c1-2-10-14-11(12(17)18)15-16(10)9-6-4-3-5-8(9)7-13/h3-6H,2H2,1H3,(H,17,18). The Hall–Kier alpha value is -2.68. The largest absolute Gasteiger partial charge is 0.475 e. The van der Waals surface area contributed by atoms with Crippen molar-refractivity contribution in [3.05, 3.63) is 41.5 Å². The number of hydrogen-bond acceptors (Lipinski definition) is 4. The summed E-state index contributed by atoms with van der Waals surface area (Å²) < 4.78 is 1.40. The Morgan fingerprint density at radius 3 is 2.83 bits per heavy atom. The Morgan fingerprint density at radius 2 is 2.22 bits per heavy atom. The number of para-hydroxylation sites is 1. The molecule has 0 radical (unpaired) electrons. The zero-order chi connectivity index (χ0) is 13.1. The van der Waals surface area contributed by atoms with E-state index in [1.165, 1.54) is 4.68 Å². The van der Waals surface area contributed by atoms with Gasteiger partial charge in [0.1, 0.15) is 11.9 Å². The molecule has 0 spiro atoms. The van der Waals surface area contributed by atoms with Gasteiger partial charge in [0, 0.05) is 6.42 Å². The molecule has 1 N–H and O–H groups in total. The third-order valence-corrected chi connectivity index (χ3v) is 2.43. The maximum Gasteiger partial charge on any atom is 0.375 e. The van der Waals surface area contributed by atoms with E-state index >= 15 is 0 Å². The molecule has 0 saturated heterocycles. The first kappa shape index (κ1) is 11.8. The van der Waals surface area contributed by atoms with Crippen LogP contribution in [0.4, 0.5) is 0 Å². The van der Waals surface area contributed by atoms with E-state index in [0.29, 0.717) is 23.5 Å². The van der Waals surface area contributed by atoms with Gasteiger partial charge in [0.2, 0.25) is 0 Å². The molecule has 0 atom stereocenters. The molecular weight excluding hydrogens is 232 g/mol. The molecule has 18 heavy (non-hydrogen) atoms. The van der Waals surface area contributed by atoms with E-state index in [-0.39, 0.29) is 5.82 Å². The zero-order valence-electron chi connectivity index (χ0n) is 9.66. The van der Waals surface area contributed by atoms with Gasteiger partial charge in [-0.25, -0.2) is 14.5 Å². The van der Waals surface area contributed by atoms with Gasteiger partial charge < -0.3 is 5.11 Å². The third kappa shape index (κ3) is 1.94. The quantitative estimate of drug-likeness (QED) is 0.878. The fourth-order valence-electron chi connectivity index (χ4n) is 1.61. The number of carboxylic acids is 1. The maximum atomic E-state index is 10.9. The van der Waals surface area contributed by atoms with Crippen LogP contribution in [-0.4, -0.2) is 25.8 Å². The topological polar surface area (TPSA) is 91.8 Å². The molecule has 0 amide bonds. The number of carboxylic acid groups (broad SMARTS) is 1. The summed E-state index contributed by atoms with van der Waals surface area (Å²) in [5, 5.41) is 21.8. The molecule has 6 nitrogen and oxygen atoms in total. The van der Waals surface area contributed by atoms with Crippen LogP contribution >= 0.6 is 0 Å². The van der Waals surface area contributed by atoms with Gasteiger partial charge >= 0.3 is 5.97 Å². The molecule has 2 aromatic rings. The highest BCUT2D eigenvalue weighted by atomic mass is 16.4. The van der Waals surface area contributed by atoms with Crippen molar-refractivity contribution in [3.63, 3.8) is 0 Å². The molecule has 0 saturated carbocycles. The molecule has 0 unspecified atom stereocenters. The van der Waals surface area contributed by atoms with Crippen molar-refractivity contribution in [1.29, 1.82) is 5.26 Å². The highest BCUT2D eigenvalue weighted by Gasteiger charge is 2.16. The van der Waals surface area contributed by atoms with Crippen molar-refractivity contribution in [3.8, 4) is 11.8 Å². The number of carbonyl (C=O) groups is 1. The normalized spacial score (nSPS) is 10.0. The maximum absolute atomic E-state index is 10.9. The lowest BCUT2D eigenvalue weighted by atomic mass is 10.2. The minimum absolute atomic E-state index is 0.264. The number of rotatable bonds is 3. The van der Waals surface area contributed by atoms with Crippen molar-refractivity contribution in [2.75, 3.05) is 0 Å². The highest BCUT2D eigenvalue weighted by Crippen LogP contribution is 2.15. The van der Waals surface area contributed by atoms with Crippen LogP contribution in [0.15, 0.2) is 24.3 Å². The first-order valence-corrected chi connectivity index (χ1v) is 5.36. The molecule has 1 aromatic carbocycles. The Bertz CT molecular complexity index is 640. The van der Waals surface area contributed by atoms with E-state index in [0.717, 1.165) is 0 Å². The molecule has 0 aliphatic rings. The number of aromatic nitrogens is 3. The van der Waals surface area contributed by atoms with Crippen LogP contribution in [0.5, 0.6) is 0 Å². The van der Waals surface area contributed by atoms with Crippen molar-refractivity contribution in [2.24, 2.45) is 0 Å². The first-order chi connectivity index (χ1) is 8.67. The Balaban J connectivity index is 2.63. The molecule has 0 aliphatic heterocycles. The Labute approximate surface area is 103 Å². The Kier molecular flexibility index (Phi) is 3.06. The molecule has 0 bridgehead atoms. The van der Waals surface area contributed by atoms with Gasteiger partial charge in [0.05, 0.1) is 11.3 Å². The SMILES string of the molecule is CCc1nc(C(=O)O)nn1-c1ccccc1C#N. The van der Waals surface area contributed by atoms with Gasteiger partial charge in [-0.3, -0.25) is 0 Å². The first-order valence-electron chi connectivity index (χ1n) is 5.36. The molecule has 90 valence electrons. The smallest absolute Gasteiger partial charge is 0.375 e. The molecule has 0 aliphatic carbocycles. The number of hydrogen-bond donors (Lipinski definition) is 1. The van der Waals surface area contributed by atoms with Crippen LogP contribution in [0.2, 0.25) is 0 Å². The predicted molar refractivity (Wildman–Crippen MR) is 62.4 cm³/mol. The summed E-state index contributed by atoms with van der Waals surface area (Å²) in [6.45, 7) is 1.85. The summed E-state index contributed by atoms with van der Waals surface area (Å²) >= 11 is 0. The van der Waals surface area contributed by atoms with E-state index in [1.807, 2.05) is 13.0 Å². The van der Waals surface area contributed by atoms with Crippen molar-refractivity contribution < 1.29 is 9.90 Å². The summed E-state index contributed by atoms with van der Waals surface area (Å²) in [6, 6.07) is 8.90. The molecule has 6 heteroatoms. The summed E-state index contributed by atoms with van der Waals surface area (Å²) in [5.41, 5.74) is 0.964. The van der Waals surface area contributed by atoms with Gasteiger partial charge in [-0.1, -0.05) is 19.1 Å². The summed E-state index contributed by atoms with van der Waals surface area (Å²) in [5.74, 6) is -0.937. The fourth-order valence-corrected chi connectivity index (χ4v) is 1.61. The molecular formula is C12H10N4O2. The molecule has 2 rings (SSSR count). The van der Waals surface area contributed by atoms with E-state index < -0.39 is 5.97 Å². The fraction of sp³-hybridized carbons (Fsp3) is 0.167. The van der Waals surface area contributed by atoms with E-state index in [2.05, 4.69) is 10.1 Å². The van der Waals surface area contributed by atoms with Crippen LogP contribution < -0.4 is 0 Å². The number of aromatic carboxylic acids is 1. The number of nitrogens with zero attached hydrogens (tertiary/aromatic N) is 4. The summed E-state index contributed by atoms with van der Waals surface area (Å²) in [4.78, 5) is 14.8. The molecule has 1 aromatic heterocycles. The van der Waals surface area contributed by atoms with Crippen LogP contribution in [-0.2, 0) is 6.42 Å². The minimum Gasteiger partial charge on any atom is -0.475 e. The number of benzene rings is 1. The van der Waals surface area contributed by atoms with Gasteiger partial charge in [-0.15, -0.1) is 5.10 Å². The average Bonchev–Trinajstić information content (AvgIpc) is 2.82. The second-order valence-corrected chi connectivity index (χ2v) is 3.55. The van der Waals surface area contributed by atoms with E-state index in [9.17, 15) is 4.79 Å². The predicted octanol–water partition coefficient (Wildman–Crippen LogP) is 1.40. The zero-order valence-corrected chi connectivity index (χ0v) is 9.66. The minimum atomic E-state index is -1.18. The van der Waals surface area contributed by atoms with Crippen molar-refractivity contribution >= 4 is 5.97 Å². The van der Waals surface area contributed by atoms with Crippen LogP contribution in [0, 0.1) is 11.3 Å². The lowest BCUT2D eigenvalue weighted by Crippen LogP contribution is -2.05. The van der Waals surface area contributed by atoms with Crippen LogP contribution in [0.1, 0.15) is 28.9 Å². The summed E-state index contributed by atoms with van der Waals surface area (Å²) in [6.07, 6.45) is 0.528. The molecule has 1 heterocycles. The Morgan fingerprint density at radius 1 is 1.50 bits per heavy atom. The third-order valence-electron chi connectivity index (χ3n) is 2.43. The van der Waals surface area contributed by atoms with Crippen LogP contribution in [0.25, 0.3) is 5.69 Å². The molecule has 0 fully saturated rings.